The molecule has 2 aliphatic heterocycles. The lowest BCUT2D eigenvalue weighted by Crippen LogP contribution is -2.53. The summed E-state index contributed by atoms with van der Waals surface area (Å²) in [6.07, 6.45) is 3.72. The number of nitro benzene ring substituents is 1. The fraction of sp³-hybridized carbons (Fsp3) is 0.500. The Labute approximate surface area is 211 Å². The van der Waals surface area contributed by atoms with Gasteiger partial charge < -0.3 is 15.1 Å². The zero-order chi connectivity index (χ0) is 25.7. The normalized spacial score (nSPS) is 20.2. The van der Waals surface area contributed by atoms with Crippen LogP contribution in [0, 0.1) is 16.0 Å². The van der Waals surface area contributed by atoms with Crippen LogP contribution >= 0.6 is 0 Å². The van der Waals surface area contributed by atoms with Crippen LogP contribution < -0.4 is 5.32 Å². The predicted octanol–water partition coefficient (Wildman–Crippen LogP) is 2.16. The third-order valence-corrected chi connectivity index (χ3v) is 6.81. The van der Waals surface area contributed by atoms with E-state index >= 15 is 0 Å². The molecule has 1 N–H and O–H groups in total. The number of hydrogen-bond acceptors (Lipinski definition) is 7. The largest absolute Gasteiger partial charge is 0.338 e. The molecule has 1 aromatic carbocycles. The van der Waals surface area contributed by atoms with E-state index in [-0.39, 0.29) is 23.5 Å². The van der Waals surface area contributed by atoms with Crippen LogP contribution in [0.3, 0.4) is 0 Å². The Morgan fingerprint density at radius 1 is 1.19 bits per heavy atom. The van der Waals surface area contributed by atoms with E-state index in [9.17, 15) is 19.7 Å². The first kappa shape index (κ1) is 25.7. The van der Waals surface area contributed by atoms with Crippen molar-refractivity contribution < 1.29 is 14.5 Å². The number of piperazine rings is 1. The van der Waals surface area contributed by atoms with Gasteiger partial charge in [-0.3, -0.25) is 29.6 Å². The van der Waals surface area contributed by atoms with Crippen LogP contribution in [0.15, 0.2) is 48.8 Å². The summed E-state index contributed by atoms with van der Waals surface area (Å²) < 4.78 is 0. The Hall–Kier alpha value is -3.37. The summed E-state index contributed by atoms with van der Waals surface area (Å²) in [6.45, 7) is 8.85. The molecule has 10 heteroatoms. The van der Waals surface area contributed by atoms with Gasteiger partial charge in [0.15, 0.2) is 0 Å². The first-order valence-corrected chi connectivity index (χ1v) is 12.5. The van der Waals surface area contributed by atoms with Crippen LogP contribution in [0.25, 0.3) is 0 Å². The molecular weight excluding hydrogens is 460 g/mol. The van der Waals surface area contributed by atoms with Gasteiger partial charge in [-0.2, -0.15) is 0 Å². The molecule has 2 atom stereocenters. The molecule has 2 aromatic rings. The average Bonchev–Trinajstić information content (AvgIpc) is 3.34. The third kappa shape index (κ3) is 6.06. The van der Waals surface area contributed by atoms with E-state index < -0.39 is 11.0 Å². The average molecular weight is 495 g/mol. The van der Waals surface area contributed by atoms with Gasteiger partial charge in [-0.15, -0.1) is 0 Å². The third-order valence-electron chi connectivity index (χ3n) is 6.81. The Morgan fingerprint density at radius 2 is 1.92 bits per heavy atom. The van der Waals surface area contributed by atoms with E-state index in [2.05, 4.69) is 29.0 Å². The molecule has 192 valence electrons. The Balaban J connectivity index is 1.58. The lowest BCUT2D eigenvalue weighted by Gasteiger charge is -2.32. The van der Waals surface area contributed by atoms with Crippen molar-refractivity contribution in [2.45, 2.75) is 38.9 Å². The van der Waals surface area contributed by atoms with Crippen LogP contribution in [-0.2, 0) is 11.3 Å². The zero-order valence-electron chi connectivity index (χ0n) is 20.9. The molecule has 0 radical (unpaired) electrons. The number of nitrogens with zero attached hydrogens (tertiary/aromatic N) is 5. The van der Waals surface area contributed by atoms with Crippen LogP contribution in [0.5, 0.6) is 0 Å². The second-order valence-electron chi connectivity index (χ2n) is 9.93. The molecule has 0 bridgehead atoms. The lowest BCUT2D eigenvalue weighted by atomic mass is 10.1. The molecule has 2 fully saturated rings. The second-order valence-corrected chi connectivity index (χ2v) is 9.93. The molecule has 2 amide bonds. The van der Waals surface area contributed by atoms with Crippen LogP contribution in [0.2, 0.25) is 0 Å². The number of aromatic nitrogens is 1. The van der Waals surface area contributed by atoms with E-state index in [1.54, 1.807) is 41.6 Å². The second kappa shape index (κ2) is 11.6. The monoisotopic (exact) mass is 494 g/mol. The highest BCUT2D eigenvalue weighted by Gasteiger charge is 2.43. The number of hydrogen-bond donors (Lipinski definition) is 1. The van der Waals surface area contributed by atoms with Crippen LogP contribution in [0.1, 0.15) is 36.2 Å². The van der Waals surface area contributed by atoms with Crippen LogP contribution in [0.4, 0.5) is 5.69 Å². The SMILES string of the molecule is CC(C)CN(Cc1ccc([N+](=O)[O-])cc1)C1CC(C(=O)N2CCNCC2)N(C(=O)c2cccnc2)C1. The molecule has 10 nitrogen and oxygen atoms in total. The number of nitro groups is 1. The minimum Gasteiger partial charge on any atom is -0.338 e. The molecule has 36 heavy (non-hydrogen) atoms. The molecule has 2 aliphatic rings. The highest BCUT2D eigenvalue weighted by molar-refractivity contribution is 5.97. The first-order valence-electron chi connectivity index (χ1n) is 12.5. The highest BCUT2D eigenvalue weighted by Crippen LogP contribution is 2.28. The fourth-order valence-electron chi connectivity index (χ4n) is 5.06. The van der Waals surface area contributed by atoms with Gasteiger partial charge in [0.1, 0.15) is 6.04 Å². The number of rotatable bonds is 8. The summed E-state index contributed by atoms with van der Waals surface area (Å²) in [4.78, 5) is 47.7. The number of amides is 2. The van der Waals surface area contributed by atoms with E-state index in [1.807, 2.05) is 4.90 Å². The molecule has 1 aromatic heterocycles. The number of pyridine rings is 1. The van der Waals surface area contributed by atoms with Gasteiger partial charge in [0.05, 0.1) is 10.5 Å². The molecule has 4 rings (SSSR count). The smallest absolute Gasteiger partial charge is 0.269 e. The molecule has 3 heterocycles. The Bertz CT molecular complexity index is 1060. The fourth-order valence-corrected chi connectivity index (χ4v) is 5.06. The maximum absolute atomic E-state index is 13.6. The van der Waals surface area contributed by atoms with Crippen molar-refractivity contribution in [2.75, 3.05) is 39.3 Å². The van der Waals surface area contributed by atoms with Crippen molar-refractivity contribution in [3.05, 3.63) is 70.0 Å². The summed E-state index contributed by atoms with van der Waals surface area (Å²) in [6, 6.07) is 9.52. The molecule has 0 saturated carbocycles. The van der Waals surface area contributed by atoms with Crippen molar-refractivity contribution in [3.8, 4) is 0 Å². The Kier molecular flexibility index (Phi) is 8.27. The molecule has 2 saturated heterocycles. The molecule has 2 unspecified atom stereocenters. The topological polar surface area (TPSA) is 112 Å². The number of carbonyl (C=O) groups excluding carboxylic acids is 2. The summed E-state index contributed by atoms with van der Waals surface area (Å²) in [5.41, 5.74) is 1.50. The van der Waals surface area contributed by atoms with E-state index in [4.69, 9.17) is 0 Å². The van der Waals surface area contributed by atoms with Crippen molar-refractivity contribution in [1.82, 2.24) is 25.0 Å². The standard InChI is InChI=1S/C26H34N6O4/c1-19(2)16-30(17-20-5-7-22(8-6-20)32(35)36)23-14-24(26(34)29-12-10-27-11-13-29)31(18-23)25(33)21-4-3-9-28-15-21/h3-9,15,19,23-24,27H,10-14,16-18H2,1-2H3. The van der Waals surface area contributed by atoms with Crippen molar-refractivity contribution in [1.29, 1.82) is 0 Å². The van der Waals surface area contributed by atoms with Gasteiger partial charge in [0.25, 0.3) is 11.6 Å². The minimum atomic E-state index is -0.535. The maximum atomic E-state index is 13.6. The number of likely N-dealkylation sites (tertiary alicyclic amines) is 1. The van der Waals surface area contributed by atoms with Crippen molar-refractivity contribution >= 4 is 17.5 Å². The van der Waals surface area contributed by atoms with Gasteiger partial charge in [0, 0.05) is 76.4 Å². The summed E-state index contributed by atoms with van der Waals surface area (Å²) in [5.74, 6) is 0.184. The van der Waals surface area contributed by atoms with Gasteiger partial charge in [-0.25, -0.2) is 0 Å². The Morgan fingerprint density at radius 3 is 2.53 bits per heavy atom. The van der Waals surface area contributed by atoms with Crippen molar-refractivity contribution in [2.24, 2.45) is 5.92 Å². The molecule has 0 aliphatic carbocycles. The van der Waals surface area contributed by atoms with Gasteiger partial charge >= 0.3 is 0 Å². The van der Waals surface area contributed by atoms with Gasteiger partial charge in [0.2, 0.25) is 5.91 Å². The van der Waals surface area contributed by atoms with E-state index in [0.717, 1.165) is 25.2 Å². The van der Waals surface area contributed by atoms with E-state index in [1.165, 1.54) is 12.1 Å². The number of benzene rings is 1. The molecular formula is C26H34N6O4. The minimum absolute atomic E-state index is 0.00364. The summed E-state index contributed by atoms with van der Waals surface area (Å²) >= 11 is 0. The van der Waals surface area contributed by atoms with Gasteiger partial charge in [-0.05, 0) is 30.0 Å². The quantitative estimate of drug-likeness (QED) is 0.442. The number of nitrogens with one attached hydrogen (secondary N) is 1. The zero-order valence-corrected chi connectivity index (χ0v) is 20.9. The summed E-state index contributed by atoms with van der Waals surface area (Å²) in [7, 11) is 0. The van der Waals surface area contributed by atoms with Gasteiger partial charge in [-0.1, -0.05) is 26.0 Å². The highest BCUT2D eigenvalue weighted by atomic mass is 16.6. The predicted molar refractivity (Wildman–Crippen MR) is 135 cm³/mol. The number of non-ortho nitro benzene ring substituents is 1. The van der Waals surface area contributed by atoms with Crippen LogP contribution in [-0.4, -0.2) is 87.8 Å². The number of carbonyl (C=O) groups is 2. The summed E-state index contributed by atoms with van der Waals surface area (Å²) in [5, 5.41) is 14.3. The first-order chi connectivity index (χ1) is 17.3. The molecule has 0 spiro atoms. The van der Waals surface area contributed by atoms with Crippen molar-refractivity contribution in [3.63, 3.8) is 0 Å². The maximum Gasteiger partial charge on any atom is 0.269 e. The van der Waals surface area contributed by atoms with E-state index in [0.29, 0.717) is 44.1 Å². The lowest BCUT2D eigenvalue weighted by molar-refractivity contribution is -0.384.